The van der Waals surface area contributed by atoms with Crippen molar-refractivity contribution >= 4 is 5.78 Å². The predicted molar refractivity (Wildman–Crippen MR) is 51.9 cm³/mol. The van der Waals surface area contributed by atoms with Gasteiger partial charge in [-0.15, -0.1) is 6.58 Å². The summed E-state index contributed by atoms with van der Waals surface area (Å²) in [5.41, 5.74) is 5.64. The largest absolute Gasteiger partial charge is 0.321 e. The molecule has 2 unspecified atom stereocenters. The minimum Gasteiger partial charge on any atom is -0.321 e. The fourth-order valence-corrected chi connectivity index (χ4v) is 1.24. The lowest BCUT2D eigenvalue weighted by atomic mass is 9.94. The normalized spacial score (nSPS) is 15.2. The molecule has 0 saturated carbocycles. The summed E-state index contributed by atoms with van der Waals surface area (Å²) in [6.45, 7) is 7.57. The fraction of sp³-hybridized carbons (Fsp3) is 0.700. The van der Waals surface area contributed by atoms with Crippen LogP contribution in [0.15, 0.2) is 12.7 Å². The monoisotopic (exact) mass is 169 g/mol. The molecular formula is C10H19NO. The maximum Gasteiger partial charge on any atom is 0.152 e. The molecule has 0 spiro atoms. The van der Waals surface area contributed by atoms with E-state index in [0.717, 1.165) is 12.8 Å². The number of ketones is 1. The molecule has 0 saturated heterocycles. The lowest BCUT2D eigenvalue weighted by Crippen LogP contribution is -2.34. The van der Waals surface area contributed by atoms with Crippen LogP contribution in [0, 0.1) is 5.92 Å². The van der Waals surface area contributed by atoms with Crippen LogP contribution in [0.1, 0.15) is 33.1 Å². The Morgan fingerprint density at radius 2 is 2.25 bits per heavy atom. The number of hydrogen-bond donors (Lipinski definition) is 1. The van der Waals surface area contributed by atoms with Crippen LogP contribution < -0.4 is 5.73 Å². The number of nitrogens with two attached hydrogens (primary N) is 1. The average Bonchev–Trinajstić information content (AvgIpc) is 2.04. The molecular weight excluding hydrogens is 150 g/mol. The molecule has 0 rings (SSSR count). The van der Waals surface area contributed by atoms with Crippen molar-refractivity contribution in [2.75, 3.05) is 0 Å². The van der Waals surface area contributed by atoms with Gasteiger partial charge < -0.3 is 5.73 Å². The summed E-state index contributed by atoms with van der Waals surface area (Å²) in [6.07, 6.45) is 4.26. The second-order valence-corrected chi connectivity index (χ2v) is 3.22. The van der Waals surface area contributed by atoms with Gasteiger partial charge >= 0.3 is 0 Å². The maximum atomic E-state index is 11.5. The van der Waals surface area contributed by atoms with Crippen LogP contribution in [0.25, 0.3) is 0 Å². The van der Waals surface area contributed by atoms with Crippen LogP contribution >= 0.6 is 0 Å². The van der Waals surface area contributed by atoms with Crippen molar-refractivity contribution in [2.24, 2.45) is 11.7 Å². The van der Waals surface area contributed by atoms with Crippen LogP contribution in [0.3, 0.4) is 0 Å². The molecule has 0 aromatic heterocycles. The molecule has 0 heterocycles. The van der Waals surface area contributed by atoms with Crippen molar-refractivity contribution in [2.45, 2.75) is 39.2 Å². The van der Waals surface area contributed by atoms with Crippen molar-refractivity contribution in [3.63, 3.8) is 0 Å². The van der Waals surface area contributed by atoms with Crippen LogP contribution in [0.5, 0.6) is 0 Å². The van der Waals surface area contributed by atoms with Gasteiger partial charge in [-0.3, -0.25) is 4.79 Å². The molecule has 0 bridgehead atoms. The van der Waals surface area contributed by atoms with E-state index >= 15 is 0 Å². The maximum absolute atomic E-state index is 11.5. The molecule has 0 aromatic rings. The highest BCUT2D eigenvalue weighted by Gasteiger charge is 2.17. The summed E-state index contributed by atoms with van der Waals surface area (Å²) in [6, 6.07) is -0.343. The van der Waals surface area contributed by atoms with Gasteiger partial charge in [-0.05, 0) is 12.8 Å². The van der Waals surface area contributed by atoms with Crippen molar-refractivity contribution in [3.05, 3.63) is 12.7 Å². The van der Waals surface area contributed by atoms with Crippen molar-refractivity contribution in [1.82, 2.24) is 0 Å². The van der Waals surface area contributed by atoms with E-state index in [1.165, 1.54) is 0 Å². The molecule has 12 heavy (non-hydrogen) atoms. The minimum atomic E-state index is -0.343. The highest BCUT2D eigenvalue weighted by molar-refractivity contribution is 5.85. The van der Waals surface area contributed by atoms with E-state index in [1.807, 2.05) is 6.92 Å². The smallest absolute Gasteiger partial charge is 0.152 e. The van der Waals surface area contributed by atoms with Gasteiger partial charge in [0.1, 0.15) is 0 Å². The fourth-order valence-electron chi connectivity index (χ4n) is 1.24. The summed E-state index contributed by atoms with van der Waals surface area (Å²) in [4.78, 5) is 11.5. The van der Waals surface area contributed by atoms with Gasteiger partial charge in [0.05, 0.1) is 6.04 Å². The molecule has 0 aromatic carbocycles. The Bertz CT molecular complexity index is 154. The van der Waals surface area contributed by atoms with Crippen LogP contribution in [0.2, 0.25) is 0 Å². The topological polar surface area (TPSA) is 43.1 Å². The quantitative estimate of drug-likeness (QED) is 0.617. The van der Waals surface area contributed by atoms with Crippen molar-refractivity contribution in [1.29, 1.82) is 0 Å². The second kappa shape index (κ2) is 5.95. The third-order valence-electron chi connectivity index (χ3n) is 1.99. The van der Waals surface area contributed by atoms with E-state index in [-0.39, 0.29) is 17.7 Å². The van der Waals surface area contributed by atoms with E-state index in [9.17, 15) is 4.79 Å². The Kier molecular flexibility index (Phi) is 5.64. The van der Waals surface area contributed by atoms with Gasteiger partial charge in [0.25, 0.3) is 0 Å². The Labute approximate surface area is 74.8 Å². The minimum absolute atomic E-state index is 0.102. The van der Waals surface area contributed by atoms with Crippen LogP contribution in [-0.4, -0.2) is 11.8 Å². The Balaban J connectivity index is 3.90. The van der Waals surface area contributed by atoms with Gasteiger partial charge in [0.2, 0.25) is 0 Å². The summed E-state index contributed by atoms with van der Waals surface area (Å²) in [5.74, 6) is 0.265. The Morgan fingerprint density at radius 3 is 2.67 bits per heavy atom. The number of carbonyl (C=O) groups excluding carboxylic acids is 1. The van der Waals surface area contributed by atoms with Gasteiger partial charge in [0, 0.05) is 5.92 Å². The van der Waals surface area contributed by atoms with E-state index in [0.29, 0.717) is 6.42 Å². The standard InChI is InChI=1S/C10H19NO/c1-4-6-8(3)10(12)9(11)7-5-2/h5,8-9H,2,4,6-7,11H2,1,3H3. The third-order valence-corrected chi connectivity index (χ3v) is 1.99. The first-order valence-corrected chi connectivity index (χ1v) is 4.53. The molecule has 0 amide bonds. The molecule has 0 aliphatic carbocycles. The van der Waals surface area contributed by atoms with E-state index in [4.69, 9.17) is 5.73 Å². The first-order valence-electron chi connectivity index (χ1n) is 4.53. The number of Topliss-reactive ketones (excluding diaryl/α,β-unsaturated/α-hetero) is 1. The zero-order valence-corrected chi connectivity index (χ0v) is 8.05. The van der Waals surface area contributed by atoms with Gasteiger partial charge in [-0.2, -0.15) is 0 Å². The summed E-state index contributed by atoms with van der Waals surface area (Å²) in [5, 5.41) is 0. The lowest BCUT2D eigenvalue weighted by molar-refractivity contribution is -0.123. The summed E-state index contributed by atoms with van der Waals surface area (Å²) >= 11 is 0. The van der Waals surface area contributed by atoms with E-state index in [2.05, 4.69) is 13.5 Å². The number of carbonyl (C=O) groups is 1. The molecule has 2 N–H and O–H groups in total. The van der Waals surface area contributed by atoms with Gasteiger partial charge in [0.15, 0.2) is 5.78 Å². The van der Waals surface area contributed by atoms with E-state index < -0.39 is 0 Å². The molecule has 2 nitrogen and oxygen atoms in total. The van der Waals surface area contributed by atoms with Crippen molar-refractivity contribution in [3.8, 4) is 0 Å². The zero-order valence-electron chi connectivity index (χ0n) is 8.05. The number of hydrogen-bond acceptors (Lipinski definition) is 2. The Morgan fingerprint density at radius 1 is 1.67 bits per heavy atom. The average molecular weight is 169 g/mol. The molecule has 0 fully saturated rings. The first kappa shape index (κ1) is 11.4. The summed E-state index contributed by atoms with van der Waals surface area (Å²) < 4.78 is 0. The molecule has 0 aliphatic heterocycles. The second-order valence-electron chi connectivity index (χ2n) is 3.22. The van der Waals surface area contributed by atoms with Crippen LogP contribution in [-0.2, 0) is 4.79 Å². The molecule has 70 valence electrons. The molecule has 2 heteroatoms. The summed E-state index contributed by atoms with van der Waals surface area (Å²) in [7, 11) is 0. The van der Waals surface area contributed by atoms with Crippen LogP contribution in [0.4, 0.5) is 0 Å². The SMILES string of the molecule is C=CCC(N)C(=O)C(C)CCC. The third kappa shape index (κ3) is 3.67. The first-order chi connectivity index (χ1) is 5.63. The highest BCUT2D eigenvalue weighted by Crippen LogP contribution is 2.09. The lowest BCUT2D eigenvalue weighted by Gasteiger charge is -2.13. The predicted octanol–water partition coefficient (Wildman–Crippen LogP) is 1.90. The molecule has 0 radical (unpaired) electrons. The molecule has 2 atom stereocenters. The Hall–Kier alpha value is -0.630. The van der Waals surface area contributed by atoms with Gasteiger partial charge in [-0.25, -0.2) is 0 Å². The van der Waals surface area contributed by atoms with E-state index in [1.54, 1.807) is 6.08 Å². The van der Waals surface area contributed by atoms with Gasteiger partial charge in [-0.1, -0.05) is 26.3 Å². The number of rotatable bonds is 6. The molecule has 0 aliphatic rings. The highest BCUT2D eigenvalue weighted by atomic mass is 16.1. The van der Waals surface area contributed by atoms with Crippen molar-refractivity contribution < 1.29 is 4.79 Å². The zero-order chi connectivity index (χ0) is 9.56.